The molecule has 0 aliphatic carbocycles. The molecule has 0 aliphatic rings. The van der Waals surface area contributed by atoms with E-state index in [4.69, 9.17) is 28.7 Å². The topological polar surface area (TPSA) is 591 Å². The van der Waals surface area contributed by atoms with E-state index in [-0.39, 0.29) is 75.4 Å². The van der Waals surface area contributed by atoms with E-state index in [9.17, 15) is 77.6 Å². The first-order valence-electron chi connectivity index (χ1n) is 26.1. The zero-order chi connectivity index (χ0) is 62.9. The summed E-state index contributed by atoms with van der Waals surface area (Å²) < 4.78 is 0. The summed E-state index contributed by atoms with van der Waals surface area (Å²) in [6.07, 6.45) is 2.28. The second-order valence-corrected chi connectivity index (χ2v) is 19.5. The molecule has 84 heavy (non-hydrogen) atoms. The van der Waals surface area contributed by atoms with Gasteiger partial charge in [-0.05, 0) is 57.9 Å². The number of aliphatic imine (C=N–C) groups is 1. The van der Waals surface area contributed by atoms with Crippen LogP contribution in [-0.4, -0.2) is 204 Å². The van der Waals surface area contributed by atoms with Gasteiger partial charge in [-0.1, -0.05) is 0 Å². The molecule has 2 aromatic heterocycles. The van der Waals surface area contributed by atoms with Crippen LogP contribution in [0.1, 0.15) is 82.0 Å². The Morgan fingerprint density at radius 1 is 0.512 bits per heavy atom. The summed E-state index contributed by atoms with van der Waals surface area (Å²) in [6.45, 7) is -0.777. The summed E-state index contributed by atoms with van der Waals surface area (Å²) in [5.74, 6) is -15.1. The first kappa shape index (κ1) is 71.5. The second kappa shape index (κ2) is 38.2. The zero-order valence-corrected chi connectivity index (χ0v) is 47.3. The number of thiol groups is 2. The summed E-state index contributed by atoms with van der Waals surface area (Å²) in [6, 6.07) is -13.5. The van der Waals surface area contributed by atoms with Crippen LogP contribution in [0.4, 0.5) is 0 Å². The number of carbonyl (C=O) groups is 13. The highest BCUT2D eigenvalue weighted by atomic mass is 32.1. The highest BCUT2D eigenvalue weighted by Crippen LogP contribution is 2.10. The van der Waals surface area contributed by atoms with Crippen molar-refractivity contribution < 1.29 is 77.6 Å². The number of aliphatic carboxylic acids is 3. The minimum Gasteiger partial charge on any atom is -0.481 e. The summed E-state index contributed by atoms with van der Waals surface area (Å²) in [5.41, 5.74) is 28.7. The molecule has 35 nitrogen and oxygen atoms in total. The van der Waals surface area contributed by atoms with Gasteiger partial charge in [-0.3, -0.25) is 62.5 Å². The van der Waals surface area contributed by atoms with Crippen LogP contribution in [-0.2, 0) is 75.2 Å². The molecule has 466 valence electrons. The van der Waals surface area contributed by atoms with Gasteiger partial charge in [-0.2, -0.15) is 25.3 Å². The van der Waals surface area contributed by atoms with Crippen molar-refractivity contribution in [3.8, 4) is 0 Å². The fourth-order valence-corrected chi connectivity index (χ4v) is 8.05. The van der Waals surface area contributed by atoms with E-state index in [1.54, 1.807) is 0 Å². The molecular weight excluding hydrogens is 1150 g/mol. The lowest BCUT2D eigenvalue weighted by Gasteiger charge is -2.26. The van der Waals surface area contributed by atoms with Crippen LogP contribution >= 0.6 is 25.3 Å². The first-order chi connectivity index (χ1) is 39.8. The molecule has 2 rings (SSSR count). The molecule has 0 saturated heterocycles. The number of nitrogens with two attached hydrogens (primary N) is 5. The number of nitrogens with one attached hydrogen (secondary N) is 11. The minimum absolute atomic E-state index is 0.0217. The standard InChI is InChI=1S/C47H75N19O16S2/c48-12-2-1-4-27(41(76)63-30(8-11-37(71)72)43(78)66-33(20-84)46(81)82)61-45(80)32(19-83)65-40(75)26(5-3-13-55-47(51)52)59-35(68)18-56-39(74)28(7-10-36(69)70)62-44(79)31(15-24-17-54-22-58-24)64-42(77)29(6-9-34(50)67)60-38(73)25(49)14-23-16-53-21-57-23/h16-17,21-22,25-33,83-84H,1-15,18-20,48-49H2,(H2,50,67)(H,53,57)(H,54,58)(H,56,74)(H,59,68)(H,60,73)(H,61,80)(H,62,79)(H,63,76)(H,64,77)(H,65,75)(H,66,78)(H,69,70)(H,71,72)(H,81,82)(H4,51,52,55)/t25-,26-,27-,28-,29-,30-,31-,32-,33-/m0/s1. The van der Waals surface area contributed by atoms with E-state index in [2.05, 4.69) is 98.0 Å². The second-order valence-electron chi connectivity index (χ2n) is 18.7. The number of aromatic amines is 2. The number of primary amides is 1. The van der Waals surface area contributed by atoms with Gasteiger partial charge < -0.3 is 102 Å². The van der Waals surface area contributed by atoms with Gasteiger partial charge in [0.05, 0.1) is 25.2 Å². The van der Waals surface area contributed by atoms with Crippen molar-refractivity contribution in [1.82, 2.24) is 67.8 Å². The van der Waals surface area contributed by atoms with E-state index in [0.717, 1.165) is 0 Å². The SMILES string of the molecule is NCCCC[C@H](NC(=O)[C@H](CS)NC(=O)[C@H](CCCN=C(N)N)NC(=O)CNC(=O)[C@H](CCC(=O)O)NC(=O)[C@H](Cc1cnc[nH]1)NC(=O)[C@H](CCC(N)=O)NC(=O)[C@@H](N)Cc1cnc[nH]1)C(=O)N[C@@H](CCC(=O)O)C(=O)N[C@@H](CS)C(=O)O. The number of carboxylic acids is 3. The molecular formula is C47H75N19O16S2. The lowest BCUT2D eigenvalue weighted by atomic mass is 10.0. The minimum atomic E-state index is -1.70. The number of H-pyrrole nitrogens is 2. The first-order valence-corrected chi connectivity index (χ1v) is 27.4. The van der Waals surface area contributed by atoms with Crippen molar-refractivity contribution in [1.29, 1.82) is 0 Å². The van der Waals surface area contributed by atoms with Crippen molar-refractivity contribution in [3.05, 3.63) is 36.4 Å². The smallest absolute Gasteiger partial charge is 0.327 e. The highest BCUT2D eigenvalue weighted by molar-refractivity contribution is 7.80. The molecule has 10 amide bonds. The fraction of sp³-hybridized carbons (Fsp3) is 0.574. The van der Waals surface area contributed by atoms with E-state index in [1.165, 1.54) is 25.0 Å². The fourth-order valence-electron chi connectivity index (χ4n) is 7.54. The maximum absolute atomic E-state index is 14.0. The predicted molar refractivity (Wildman–Crippen MR) is 301 cm³/mol. The van der Waals surface area contributed by atoms with Gasteiger partial charge in [0.25, 0.3) is 0 Å². The number of rotatable bonds is 42. The highest BCUT2D eigenvalue weighted by Gasteiger charge is 2.35. The lowest BCUT2D eigenvalue weighted by molar-refractivity contribution is -0.142. The van der Waals surface area contributed by atoms with Crippen molar-refractivity contribution in [2.75, 3.05) is 31.1 Å². The van der Waals surface area contributed by atoms with Gasteiger partial charge in [0, 0.05) is 73.9 Å². The van der Waals surface area contributed by atoms with Crippen LogP contribution < -0.4 is 76.5 Å². The van der Waals surface area contributed by atoms with Crippen LogP contribution in [0.3, 0.4) is 0 Å². The number of aromatic nitrogens is 4. The molecule has 0 unspecified atom stereocenters. The third-order valence-electron chi connectivity index (χ3n) is 12.0. The van der Waals surface area contributed by atoms with Gasteiger partial charge in [0.2, 0.25) is 59.1 Å². The Kier molecular flexibility index (Phi) is 32.6. The molecule has 0 aliphatic heterocycles. The molecule has 2 heterocycles. The molecule has 2 aromatic rings. The summed E-state index contributed by atoms with van der Waals surface area (Å²) in [7, 11) is 0. The monoisotopic (exact) mass is 1230 g/mol. The molecule has 0 bridgehead atoms. The number of guanidine groups is 1. The van der Waals surface area contributed by atoms with Crippen LogP contribution in [0.2, 0.25) is 0 Å². The van der Waals surface area contributed by atoms with Crippen molar-refractivity contribution in [2.45, 2.75) is 138 Å². The third-order valence-corrected chi connectivity index (χ3v) is 12.8. The summed E-state index contributed by atoms with van der Waals surface area (Å²) in [4.78, 5) is 186. The number of imidazole rings is 2. The normalized spacial score (nSPS) is 14.1. The van der Waals surface area contributed by atoms with Gasteiger partial charge >= 0.3 is 17.9 Å². The quantitative estimate of drug-likeness (QED) is 0.0127. The number of hydrogen-bond donors (Lipinski definition) is 21. The Morgan fingerprint density at radius 3 is 1.39 bits per heavy atom. The van der Waals surface area contributed by atoms with Crippen molar-refractivity contribution in [2.24, 2.45) is 33.7 Å². The molecule has 0 aromatic carbocycles. The van der Waals surface area contributed by atoms with Gasteiger partial charge in [-0.25, -0.2) is 14.8 Å². The zero-order valence-electron chi connectivity index (χ0n) is 45.5. The molecule has 0 saturated carbocycles. The van der Waals surface area contributed by atoms with Crippen LogP contribution in [0.15, 0.2) is 30.0 Å². The average molecular weight is 1230 g/mol. The number of carbonyl (C=O) groups excluding carboxylic acids is 10. The Bertz CT molecular complexity index is 2570. The third kappa shape index (κ3) is 27.9. The average Bonchev–Trinajstić information content (AvgIpc) is 4.30. The number of hydrogen-bond acceptors (Lipinski definition) is 20. The molecule has 0 spiro atoms. The maximum Gasteiger partial charge on any atom is 0.327 e. The van der Waals surface area contributed by atoms with Gasteiger partial charge in [0.1, 0.15) is 48.3 Å². The van der Waals surface area contributed by atoms with E-state index < -0.39 is 176 Å². The number of unbranched alkanes of at least 4 members (excludes halogenated alkanes) is 1. The van der Waals surface area contributed by atoms with Crippen molar-refractivity contribution >= 4 is 108 Å². The van der Waals surface area contributed by atoms with Gasteiger partial charge in [0.15, 0.2) is 5.96 Å². The Labute approximate surface area is 491 Å². The maximum atomic E-state index is 14.0. The van der Waals surface area contributed by atoms with E-state index >= 15 is 0 Å². The molecule has 0 radical (unpaired) electrons. The van der Waals surface area contributed by atoms with Crippen LogP contribution in [0.5, 0.6) is 0 Å². The Hall–Kier alpha value is -8.58. The molecule has 9 atom stereocenters. The molecule has 24 N–H and O–H groups in total. The summed E-state index contributed by atoms with van der Waals surface area (Å²) in [5, 5.41) is 49.6. The Morgan fingerprint density at radius 2 is 0.929 bits per heavy atom. The predicted octanol–water partition coefficient (Wildman–Crippen LogP) is -7.64. The summed E-state index contributed by atoms with van der Waals surface area (Å²) >= 11 is 8.09. The van der Waals surface area contributed by atoms with Crippen LogP contribution in [0.25, 0.3) is 0 Å². The molecule has 0 fully saturated rings. The Balaban J connectivity index is 2.34. The van der Waals surface area contributed by atoms with Crippen LogP contribution in [0, 0.1) is 0 Å². The van der Waals surface area contributed by atoms with E-state index in [0.29, 0.717) is 12.1 Å². The number of carboxylic acid groups (broad SMARTS) is 3. The number of amides is 10. The van der Waals surface area contributed by atoms with Crippen molar-refractivity contribution in [3.63, 3.8) is 0 Å². The van der Waals surface area contributed by atoms with E-state index in [1.807, 2.05) is 0 Å². The molecule has 37 heteroatoms. The van der Waals surface area contributed by atoms with Gasteiger partial charge in [-0.15, -0.1) is 0 Å². The largest absolute Gasteiger partial charge is 0.481 e. The number of nitrogens with zero attached hydrogens (tertiary/aromatic N) is 3. The lowest BCUT2D eigenvalue weighted by Crippen LogP contribution is -2.60.